The van der Waals surface area contributed by atoms with Crippen molar-refractivity contribution < 1.29 is 21.7 Å². The third-order valence-electron chi connectivity index (χ3n) is 2.34. The Bertz CT molecular complexity index is 393. The van der Waals surface area contributed by atoms with Crippen molar-refractivity contribution in [2.45, 2.75) is 19.8 Å². The van der Waals surface area contributed by atoms with Crippen LogP contribution in [0.1, 0.15) is 25.3 Å². The van der Waals surface area contributed by atoms with Gasteiger partial charge in [-0.05, 0) is 0 Å². The van der Waals surface area contributed by atoms with E-state index in [2.05, 4.69) is 50.2 Å². The van der Waals surface area contributed by atoms with E-state index in [0.29, 0.717) is 5.92 Å². The molecule has 0 aliphatic carbocycles. The molecule has 0 spiro atoms. The fraction of sp³-hybridized carbons (Fsp3) is 0.250. The predicted octanol–water partition coefficient (Wildman–Crippen LogP) is 4.92. The first kappa shape index (κ1) is 18.4. The summed E-state index contributed by atoms with van der Waals surface area (Å²) in [7, 11) is 0. The molecule has 0 nitrogen and oxygen atoms in total. The minimum absolute atomic E-state index is 0. The SMILES string of the molecule is CC(C)[c-]1ccc2ccccc21.I.I.[Ti]. The molecule has 0 amide bonds. The largest absolute Gasteiger partial charge is 0.168 e. The number of benzene rings is 1. The van der Waals surface area contributed by atoms with E-state index < -0.39 is 0 Å². The van der Waals surface area contributed by atoms with Gasteiger partial charge in [0, 0.05) is 21.7 Å². The van der Waals surface area contributed by atoms with E-state index in [1.165, 1.54) is 16.3 Å². The first-order chi connectivity index (χ1) is 5.79. The maximum atomic E-state index is 2.24. The third-order valence-corrected chi connectivity index (χ3v) is 2.34. The molecule has 2 aromatic rings. The Morgan fingerprint density at radius 2 is 1.60 bits per heavy atom. The first-order valence-electron chi connectivity index (χ1n) is 4.43. The molecule has 15 heavy (non-hydrogen) atoms. The molecule has 0 bridgehead atoms. The van der Waals surface area contributed by atoms with Crippen LogP contribution >= 0.6 is 48.0 Å². The van der Waals surface area contributed by atoms with Crippen LogP contribution in [0.4, 0.5) is 0 Å². The summed E-state index contributed by atoms with van der Waals surface area (Å²) in [5.74, 6) is 0.630. The minimum atomic E-state index is 0. The number of fused-ring (bicyclic) bond motifs is 1. The molecule has 2 rings (SSSR count). The molecule has 0 radical (unpaired) electrons. The molecular weight excluding hydrogens is 446 g/mol. The fourth-order valence-electron chi connectivity index (χ4n) is 1.68. The number of hydrogen-bond donors (Lipinski definition) is 0. The molecule has 3 heteroatoms. The topological polar surface area (TPSA) is 0 Å². The van der Waals surface area contributed by atoms with E-state index in [0.717, 1.165) is 0 Å². The molecule has 0 aromatic heterocycles. The molecule has 82 valence electrons. The fourth-order valence-corrected chi connectivity index (χ4v) is 1.68. The molecule has 0 fully saturated rings. The van der Waals surface area contributed by atoms with Gasteiger partial charge in [-0.2, -0.15) is 6.07 Å². The molecule has 0 unspecified atom stereocenters. The summed E-state index contributed by atoms with van der Waals surface area (Å²) < 4.78 is 0. The van der Waals surface area contributed by atoms with Crippen molar-refractivity contribution in [1.29, 1.82) is 0 Å². The molecule has 0 aliphatic rings. The van der Waals surface area contributed by atoms with Gasteiger partial charge >= 0.3 is 0 Å². The summed E-state index contributed by atoms with van der Waals surface area (Å²) in [6.45, 7) is 4.48. The van der Waals surface area contributed by atoms with Gasteiger partial charge in [0.2, 0.25) is 0 Å². The first-order valence-corrected chi connectivity index (χ1v) is 4.43. The molecule has 0 aliphatic heterocycles. The van der Waals surface area contributed by atoms with E-state index in [1.807, 2.05) is 0 Å². The van der Waals surface area contributed by atoms with Crippen molar-refractivity contribution in [2.24, 2.45) is 0 Å². The second-order valence-corrected chi connectivity index (χ2v) is 3.53. The summed E-state index contributed by atoms with van der Waals surface area (Å²) >= 11 is 0. The maximum absolute atomic E-state index is 2.24. The van der Waals surface area contributed by atoms with E-state index in [1.54, 1.807) is 0 Å². The Balaban J connectivity index is 0. The van der Waals surface area contributed by atoms with Crippen molar-refractivity contribution in [1.82, 2.24) is 0 Å². The Hall–Kier alpha value is 1.00. The third kappa shape index (κ3) is 4.06. The van der Waals surface area contributed by atoms with E-state index in [9.17, 15) is 0 Å². The van der Waals surface area contributed by atoms with Crippen molar-refractivity contribution in [3.8, 4) is 0 Å². The van der Waals surface area contributed by atoms with E-state index in [-0.39, 0.29) is 69.7 Å². The average Bonchev–Trinajstić information content (AvgIpc) is 2.47. The minimum Gasteiger partial charge on any atom is -0.168 e. The molecule has 0 N–H and O–H groups in total. The Morgan fingerprint density at radius 1 is 1.00 bits per heavy atom. The van der Waals surface area contributed by atoms with Crippen molar-refractivity contribution in [2.75, 3.05) is 0 Å². The second-order valence-electron chi connectivity index (χ2n) is 3.53. The summed E-state index contributed by atoms with van der Waals surface area (Å²) in [6.07, 6.45) is 0. The maximum Gasteiger partial charge on any atom is 0 e. The van der Waals surface area contributed by atoms with E-state index in [4.69, 9.17) is 0 Å². The predicted molar refractivity (Wildman–Crippen MR) is 84.5 cm³/mol. The summed E-state index contributed by atoms with van der Waals surface area (Å²) in [5, 5.41) is 2.77. The van der Waals surface area contributed by atoms with Gasteiger partial charge in [0.1, 0.15) is 0 Å². The Labute approximate surface area is 140 Å². The van der Waals surface area contributed by atoms with Crippen LogP contribution < -0.4 is 0 Å². The van der Waals surface area contributed by atoms with Gasteiger partial charge in [-0.15, -0.1) is 88.6 Å². The van der Waals surface area contributed by atoms with Crippen LogP contribution in [0.2, 0.25) is 0 Å². The normalized spacial score (nSPS) is 9.00. The zero-order valence-corrected chi connectivity index (χ0v) is 15.1. The molecule has 0 heterocycles. The Morgan fingerprint density at radius 3 is 2.20 bits per heavy atom. The van der Waals surface area contributed by atoms with Gasteiger partial charge in [0.25, 0.3) is 0 Å². The molecule has 0 saturated carbocycles. The van der Waals surface area contributed by atoms with Gasteiger partial charge in [-0.1, -0.05) is 25.8 Å². The average molecular weight is 461 g/mol. The van der Waals surface area contributed by atoms with Crippen LogP contribution in [0.25, 0.3) is 10.8 Å². The van der Waals surface area contributed by atoms with Crippen molar-refractivity contribution in [3.05, 3.63) is 42.0 Å². The van der Waals surface area contributed by atoms with Crippen molar-refractivity contribution >= 4 is 58.7 Å². The summed E-state index contributed by atoms with van der Waals surface area (Å²) in [4.78, 5) is 0. The van der Waals surface area contributed by atoms with Crippen LogP contribution in [0.3, 0.4) is 0 Å². The van der Waals surface area contributed by atoms with Gasteiger partial charge in [-0.25, -0.2) is 0 Å². The zero-order chi connectivity index (χ0) is 8.55. The van der Waals surface area contributed by atoms with Crippen LogP contribution in [0, 0.1) is 0 Å². The van der Waals surface area contributed by atoms with Crippen molar-refractivity contribution in [3.63, 3.8) is 0 Å². The monoisotopic (exact) mass is 461 g/mol. The number of hydrogen-bond acceptors (Lipinski definition) is 0. The van der Waals surface area contributed by atoms with Gasteiger partial charge in [0.05, 0.1) is 0 Å². The van der Waals surface area contributed by atoms with Gasteiger partial charge in [0.15, 0.2) is 0 Å². The molecule has 2 aromatic carbocycles. The zero-order valence-electron chi connectivity index (χ0n) is 8.86. The van der Waals surface area contributed by atoms with E-state index >= 15 is 0 Å². The standard InChI is InChI=1S/C12H13.2HI.Ti/c1-9(2)11-8-7-10-5-3-4-6-12(10)11;;;/h3-9H,1-2H3;2*1H;/q-1;;;. The van der Waals surface area contributed by atoms with Crippen LogP contribution in [-0.2, 0) is 21.7 Å². The quantitative estimate of drug-likeness (QED) is 0.322. The molecular formula is C12H15I2Ti-. The molecule has 0 saturated heterocycles. The van der Waals surface area contributed by atoms with Gasteiger partial charge < -0.3 is 0 Å². The summed E-state index contributed by atoms with van der Waals surface area (Å²) in [5.41, 5.74) is 1.46. The smallest absolute Gasteiger partial charge is 0 e. The number of rotatable bonds is 1. The Kier molecular flexibility index (Phi) is 9.98. The molecule has 0 atom stereocenters. The number of halogens is 2. The van der Waals surface area contributed by atoms with Crippen LogP contribution in [0.15, 0.2) is 36.4 Å². The second kappa shape index (κ2) is 8.15. The summed E-state index contributed by atoms with van der Waals surface area (Å²) in [6, 6.07) is 13.0. The van der Waals surface area contributed by atoms with Crippen LogP contribution in [0.5, 0.6) is 0 Å². The van der Waals surface area contributed by atoms with Crippen LogP contribution in [-0.4, -0.2) is 0 Å². The van der Waals surface area contributed by atoms with Gasteiger partial charge in [-0.3, -0.25) is 0 Å².